The Morgan fingerprint density at radius 2 is 1.97 bits per heavy atom. The number of aromatic nitrogens is 1. The molecule has 0 bridgehead atoms. The van der Waals surface area contributed by atoms with Crippen LogP contribution in [0.25, 0.3) is 16.3 Å². The number of carbonyl (C=O) groups excluding carboxylic acids is 2. The highest BCUT2D eigenvalue weighted by Gasteiger charge is 2.19. The van der Waals surface area contributed by atoms with Gasteiger partial charge in [-0.3, -0.25) is 9.59 Å². The SMILES string of the molecule is CCOC(=O)Cn1c(=NC(=O)/C=C/c2ccccc2)sc2cc3c(cc21)OCO3. The van der Waals surface area contributed by atoms with Crippen LogP contribution in [0.15, 0.2) is 53.5 Å². The smallest absolute Gasteiger partial charge is 0.326 e. The maximum absolute atomic E-state index is 12.4. The van der Waals surface area contributed by atoms with Crippen LogP contribution in [0, 0.1) is 0 Å². The van der Waals surface area contributed by atoms with Crippen molar-refractivity contribution in [2.24, 2.45) is 4.99 Å². The third-order valence-corrected chi connectivity index (χ3v) is 5.23. The van der Waals surface area contributed by atoms with Crippen molar-refractivity contribution in [2.75, 3.05) is 13.4 Å². The number of hydrogen-bond acceptors (Lipinski definition) is 6. The van der Waals surface area contributed by atoms with E-state index in [1.54, 1.807) is 23.6 Å². The molecular weight excluding hydrogens is 392 g/mol. The Balaban J connectivity index is 1.73. The summed E-state index contributed by atoms with van der Waals surface area (Å²) in [5.74, 6) is 0.398. The highest BCUT2D eigenvalue weighted by molar-refractivity contribution is 7.16. The van der Waals surface area contributed by atoms with Crippen LogP contribution >= 0.6 is 11.3 Å². The van der Waals surface area contributed by atoms with Crippen molar-refractivity contribution in [3.05, 3.63) is 58.9 Å². The van der Waals surface area contributed by atoms with Crippen molar-refractivity contribution in [2.45, 2.75) is 13.5 Å². The Hall–Kier alpha value is -3.39. The number of fused-ring (bicyclic) bond motifs is 2. The van der Waals surface area contributed by atoms with E-state index in [4.69, 9.17) is 14.2 Å². The van der Waals surface area contributed by atoms with Crippen LogP contribution in [0.1, 0.15) is 12.5 Å². The quantitative estimate of drug-likeness (QED) is 0.477. The molecule has 8 heteroatoms. The summed E-state index contributed by atoms with van der Waals surface area (Å²) in [5, 5.41) is 0. The third-order valence-electron chi connectivity index (χ3n) is 4.19. The number of ether oxygens (including phenoxy) is 3. The second kappa shape index (κ2) is 8.32. The maximum atomic E-state index is 12.4. The standard InChI is InChI=1S/C21H18N2O5S/c1-2-26-20(25)12-23-15-10-16-17(28-13-27-16)11-18(15)29-21(23)22-19(24)9-8-14-6-4-3-5-7-14/h3-11H,2,12-13H2,1H3/b9-8+,22-21?. The van der Waals surface area contributed by atoms with E-state index in [-0.39, 0.29) is 19.9 Å². The zero-order chi connectivity index (χ0) is 20.2. The molecule has 1 aliphatic heterocycles. The molecule has 2 aromatic carbocycles. The minimum absolute atomic E-state index is 0.0536. The molecule has 0 fully saturated rings. The summed E-state index contributed by atoms with van der Waals surface area (Å²) in [7, 11) is 0. The lowest BCUT2D eigenvalue weighted by atomic mass is 10.2. The van der Waals surface area contributed by atoms with Crippen molar-refractivity contribution in [3.63, 3.8) is 0 Å². The Bertz CT molecular complexity index is 1160. The Morgan fingerprint density at radius 3 is 2.72 bits per heavy atom. The van der Waals surface area contributed by atoms with Crippen LogP contribution in [0.3, 0.4) is 0 Å². The monoisotopic (exact) mass is 410 g/mol. The summed E-state index contributed by atoms with van der Waals surface area (Å²) in [6.45, 7) is 2.13. The van der Waals surface area contributed by atoms with Gasteiger partial charge in [-0.15, -0.1) is 0 Å². The maximum Gasteiger partial charge on any atom is 0.326 e. The fourth-order valence-electron chi connectivity index (χ4n) is 2.90. The summed E-state index contributed by atoms with van der Waals surface area (Å²) >= 11 is 1.30. The normalized spacial score (nSPS) is 13.3. The first-order valence-electron chi connectivity index (χ1n) is 9.04. The van der Waals surface area contributed by atoms with Gasteiger partial charge in [-0.05, 0) is 18.6 Å². The molecule has 1 aromatic heterocycles. The second-order valence-electron chi connectivity index (χ2n) is 6.14. The van der Waals surface area contributed by atoms with Gasteiger partial charge in [0.2, 0.25) is 6.79 Å². The molecule has 0 unspecified atom stereocenters. The summed E-state index contributed by atoms with van der Waals surface area (Å²) in [4.78, 5) is 29.1. The summed E-state index contributed by atoms with van der Waals surface area (Å²) in [5.41, 5.74) is 1.63. The third kappa shape index (κ3) is 4.22. The van der Waals surface area contributed by atoms with Gasteiger partial charge in [0, 0.05) is 18.2 Å². The minimum Gasteiger partial charge on any atom is -0.465 e. The van der Waals surface area contributed by atoms with Crippen molar-refractivity contribution in [3.8, 4) is 11.5 Å². The molecule has 2 heterocycles. The first-order chi connectivity index (χ1) is 14.1. The number of amides is 1. The predicted octanol–water partition coefficient (Wildman–Crippen LogP) is 3.14. The molecule has 0 radical (unpaired) electrons. The lowest BCUT2D eigenvalue weighted by Gasteiger charge is -2.05. The van der Waals surface area contributed by atoms with E-state index in [0.29, 0.717) is 16.3 Å². The minimum atomic E-state index is -0.418. The van der Waals surface area contributed by atoms with Gasteiger partial charge in [-0.2, -0.15) is 4.99 Å². The highest BCUT2D eigenvalue weighted by atomic mass is 32.1. The van der Waals surface area contributed by atoms with Crippen LogP contribution in [-0.2, 0) is 20.9 Å². The number of nitrogens with zero attached hydrogens (tertiary/aromatic N) is 2. The van der Waals surface area contributed by atoms with Gasteiger partial charge in [0.15, 0.2) is 16.3 Å². The van der Waals surface area contributed by atoms with E-state index in [1.165, 1.54) is 17.4 Å². The molecular formula is C21H18N2O5S. The van der Waals surface area contributed by atoms with E-state index < -0.39 is 11.9 Å². The molecule has 7 nitrogen and oxygen atoms in total. The average molecular weight is 410 g/mol. The molecule has 0 saturated carbocycles. The van der Waals surface area contributed by atoms with E-state index in [9.17, 15) is 9.59 Å². The molecule has 29 heavy (non-hydrogen) atoms. The van der Waals surface area contributed by atoms with Crippen molar-refractivity contribution >= 4 is 39.5 Å². The van der Waals surface area contributed by atoms with Crippen LogP contribution in [0.4, 0.5) is 0 Å². The van der Waals surface area contributed by atoms with Gasteiger partial charge in [0.25, 0.3) is 5.91 Å². The zero-order valence-corrected chi connectivity index (χ0v) is 16.5. The van der Waals surface area contributed by atoms with Crippen LogP contribution < -0.4 is 14.3 Å². The topological polar surface area (TPSA) is 79.1 Å². The number of esters is 1. The van der Waals surface area contributed by atoms with Gasteiger partial charge >= 0.3 is 5.97 Å². The lowest BCUT2D eigenvalue weighted by molar-refractivity contribution is -0.143. The summed E-state index contributed by atoms with van der Waals surface area (Å²) in [6, 6.07) is 13.1. The summed E-state index contributed by atoms with van der Waals surface area (Å²) < 4.78 is 18.4. The molecule has 148 valence electrons. The molecule has 4 rings (SSSR count). The van der Waals surface area contributed by atoms with Gasteiger partial charge in [-0.1, -0.05) is 41.7 Å². The number of hydrogen-bond donors (Lipinski definition) is 0. The van der Waals surface area contributed by atoms with Crippen LogP contribution in [0.5, 0.6) is 11.5 Å². The lowest BCUT2D eigenvalue weighted by Crippen LogP contribution is -2.22. The molecule has 0 saturated heterocycles. The molecule has 0 N–H and O–H groups in total. The van der Waals surface area contributed by atoms with E-state index >= 15 is 0 Å². The van der Waals surface area contributed by atoms with Crippen molar-refractivity contribution in [1.29, 1.82) is 0 Å². The fourth-order valence-corrected chi connectivity index (χ4v) is 3.94. The molecule has 0 atom stereocenters. The van der Waals surface area contributed by atoms with Gasteiger partial charge in [0.1, 0.15) is 6.54 Å². The number of carbonyl (C=O) groups is 2. The van der Waals surface area contributed by atoms with Gasteiger partial charge < -0.3 is 18.8 Å². The predicted molar refractivity (Wildman–Crippen MR) is 109 cm³/mol. The summed E-state index contributed by atoms with van der Waals surface area (Å²) in [6.07, 6.45) is 3.10. The first-order valence-corrected chi connectivity index (χ1v) is 9.86. The molecule has 0 aliphatic carbocycles. The number of thiazole rings is 1. The highest BCUT2D eigenvalue weighted by Crippen LogP contribution is 2.36. The average Bonchev–Trinajstić information content (AvgIpc) is 3.30. The fraction of sp³-hybridized carbons (Fsp3) is 0.190. The zero-order valence-electron chi connectivity index (χ0n) is 15.7. The van der Waals surface area contributed by atoms with E-state index in [0.717, 1.165) is 15.8 Å². The first kappa shape index (κ1) is 18.9. The molecule has 0 spiro atoms. The van der Waals surface area contributed by atoms with Gasteiger partial charge in [0.05, 0.1) is 16.8 Å². The Labute approximate surface area is 170 Å². The van der Waals surface area contributed by atoms with Gasteiger partial charge in [-0.25, -0.2) is 0 Å². The Morgan fingerprint density at radius 1 is 1.21 bits per heavy atom. The van der Waals surface area contributed by atoms with Crippen LogP contribution in [-0.4, -0.2) is 29.8 Å². The molecule has 3 aromatic rings. The Kier molecular flexibility index (Phi) is 5.44. The van der Waals surface area contributed by atoms with E-state index in [1.807, 2.05) is 36.4 Å². The molecule has 1 aliphatic rings. The van der Waals surface area contributed by atoms with E-state index in [2.05, 4.69) is 4.99 Å². The number of benzene rings is 2. The number of rotatable bonds is 5. The van der Waals surface area contributed by atoms with Crippen molar-refractivity contribution < 1.29 is 23.8 Å². The second-order valence-corrected chi connectivity index (χ2v) is 7.15. The largest absolute Gasteiger partial charge is 0.465 e. The van der Waals surface area contributed by atoms with Crippen molar-refractivity contribution in [1.82, 2.24) is 4.57 Å². The molecule has 1 amide bonds. The van der Waals surface area contributed by atoms with Crippen LogP contribution in [0.2, 0.25) is 0 Å².